The number of aromatic nitrogens is 2. The third kappa shape index (κ3) is 3.48. The van der Waals surface area contributed by atoms with Crippen LogP contribution >= 0.6 is 0 Å². The van der Waals surface area contributed by atoms with Crippen molar-refractivity contribution in [1.29, 1.82) is 0 Å². The van der Waals surface area contributed by atoms with Gasteiger partial charge in [-0.2, -0.15) is 0 Å². The van der Waals surface area contributed by atoms with E-state index in [2.05, 4.69) is 162 Å². The fourth-order valence-corrected chi connectivity index (χ4v) is 8.83. The van der Waals surface area contributed by atoms with Crippen molar-refractivity contribution in [2.45, 2.75) is 5.92 Å². The standard InChI is InChI=1S/C47H27N3/c1-2-11-29-25-40-38(21-27(29)9-1)36-22-31(17-19-33(36)46-45(40)35-13-5-6-14-41(35)48-46)32-18-20-34-37(23-32)39-24-28-10-3-4-12-30(28)26-44(39)50-43-16-8-7-15-42(43)49-47(34)50/h1-26,45H. The van der Waals surface area contributed by atoms with Gasteiger partial charge < -0.3 is 0 Å². The Morgan fingerprint density at radius 2 is 1.14 bits per heavy atom. The smallest absolute Gasteiger partial charge is 0.146 e. The first-order chi connectivity index (χ1) is 24.8. The van der Waals surface area contributed by atoms with Gasteiger partial charge in [0.1, 0.15) is 5.65 Å². The molecule has 2 aromatic heterocycles. The van der Waals surface area contributed by atoms with E-state index in [0.717, 1.165) is 33.5 Å². The van der Waals surface area contributed by atoms with Gasteiger partial charge in [0.25, 0.3) is 0 Å². The number of para-hydroxylation sites is 3. The van der Waals surface area contributed by atoms with Crippen molar-refractivity contribution in [1.82, 2.24) is 9.38 Å². The fraction of sp³-hybridized carbons (Fsp3) is 0.0213. The van der Waals surface area contributed by atoms with E-state index < -0.39 is 0 Å². The van der Waals surface area contributed by atoms with Crippen LogP contribution in [-0.2, 0) is 0 Å². The Bertz CT molecular complexity index is 3160. The van der Waals surface area contributed by atoms with Gasteiger partial charge in [-0.05, 0) is 121 Å². The predicted octanol–water partition coefficient (Wildman–Crippen LogP) is 12.0. The van der Waals surface area contributed by atoms with Crippen LogP contribution in [0.3, 0.4) is 0 Å². The molecule has 2 aliphatic rings. The van der Waals surface area contributed by atoms with E-state index in [-0.39, 0.29) is 5.92 Å². The average molecular weight is 634 g/mol. The second kappa shape index (κ2) is 9.52. The Balaban J connectivity index is 1.13. The SMILES string of the molecule is c1ccc2c(c1)N=C1c3ccc(-c4ccc5c(c4)c4cc6ccccc6cc4n4c6ccccc6nc54)cc3-c3cc4ccccc4cc3C12. The zero-order valence-corrected chi connectivity index (χ0v) is 26.9. The summed E-state index contributed by atoms with van der Waals surface area (Å²) < 4.78 is 2.34. The van der Waals surface area contributed by atoms with Gasteiger partial charge in [0.15, 0.2) is 0 Å². The van der Waals surface area contributed by atoms with E-state index in [1.807, 2.05) is 0 Å². The lowest BCUT2D eigenvalue weighted by molar-refractivity contribution is 1.11. The highest BCUT2D eigenvalue weighted by atomic mass is 15.0. The highest BCUT2D eigenvalue weighted by molar-refractivity contribution is 6.20. The summed E-state index contributed by atoms with van der Waals surface area (Å²) in [5.41, 5.74) is 15.3. The van der Waals surface area contributed by atoms with Crippen LogP contribution in [0.15, 0.2) is 163 Å². The zero-order valence-electron chi connectivity index (χ0n) is 26.9. The van der Waals surface area contributed by atoms with Crippen molar-refractivity contribution >= 4 is 71.3 Å². The molecular weight excluding hydrogens is 607 g/mol. The van der Waals surface area contributed by atoms with Crippen LogP contribution in [0.5, 0.6) is 0 Å². The molecule has 0 amide bonds. The first-order valence-corrected chi connectivity index (χ1v) is 17.3. The molecule has 1 aliphatic carbocycles. The molecule has 1 unspecified atom stereocenters. The molecule has 0 saturated heterocycles. The lowest BCUT2D eigenvalue weighted by Gasteiger charge is -2.28. The highest BCUT2D eigenvalue weighted by Gasteiger charge is 2.36. The summed E-state index contributed by atoms with van der Waals surface area (Å²) in [6, 6.07) is 57.8. The van der Waals surface area contributed by atoms with Crippen LogP contribution in [0, 0.1) is 0 Å². The molecule has 1 aliphatic heterocycles. The van der Waals surface area contributed by atoms with Crippen molar-refractivity contribution in [3.05, 3.63) is 174 Å². The predicted molar refractivity (Wildman–Crippen MR) is 208 cm³/mol. The first kappa shape index (κ1) is 26.4. The topological polar surface area (TPSA) is 29.7 Å². The van der Waals surface area contributed by atoms with Crippen LogP contribution in [0.25, 0.3) is 82.2 Å². The average Bonchev–Trinajstić information content (AvgIpc) is 3.76. The first-order valence-electron chi connectivity index (χ1n) is 17.3. The number of aliphatic imine (C=N–C) groups is 1. The quantitative estimate of drug-likeness (QED) is 0.131. The molecule has 0 fully saturated rings. The number of fused-ring (bicyclic) bond motifs is 18. The minimum Gasteiger partial charge on any atom is -0.292 e. The summed E-state index contributed by atoms with van der Waals surface area (Å²) in [6.07, 6.45) is 0. The molecule has 50 heavy (non-hydrogen) atoms. The van der Waals surface area contributed by atoms with Gasteiger partial charge in [-0.25, -0.2) is 4.98 Å². The molecule has 0 N–H and O–H groups in total. The number of pyridine rings is 1. The van der Waals surface area contributed by atoms with E-state index in [4.69, 9.17) is 9.98 Å². The number of hydrogen-bond donors (Lipinski definition) is 0. The summed E-state index contributed by atoms with van der Waals surface area (Å²) in [6.45, 7) is 0. The summed E-state index contributed by atoms with van der Waals surface area (Å²) in [4.78, 5) is 10.4. The summed E-state index contributed by atoms with van der Waals surface area (Å²) in [5, 5.41) is 8.59. The number of benzene rings is 8. The Morgan fingerprint density at radius 1 is 0.440 bits per heavy atom. The van der Waals surface area contributed by atoms with E-state index >= 15 is 0 Å². The van der Waals surface area contributed by atoms with Gasteiger partial charge in [-0.1, -0.05) is 97.1 Å². The van der Waals surface area contributed by atoms with Gasteiger partial charge in [-0.15, -0.1) is 0 Å². The van der Waals surface area contributed by atoms with Crippen LogP contribution in [0.2, 0.25) is 0 Å². The van der Waals surface area contributed by atoms with E-state index in [1.54, 1.807) is 0 Å². The van der Waals surface area contributed by atoms with E-state index in [0.29, 0.717) is 0 Å². The van der Waals surface area contributed by atoms with Gasteiger partial charge in [0.2, 0.25) is 0 Å². The Morgan fingerprint density at radius 3 is 2.02 bits per heavy atom. The summed E-state index contributed by atoms with van der Waals surface area (Å²) >= 11 is 0. The van der Waals surface area contributed by atoms with Crippen LogP contribution in [0.4, 0.5) is 5.69 Å². The Hall–Kier alpha value is -6.58. The van der Waals surface area contributed by atoms with Crippen molar-refractivity contribution in [2.24, 2.45) is 4.99 Å². The van der Waals surface area contributed by atoms with Crippen molar-refractivity contribution in [2.75, 3.05) is 0 Å². The van der Waals surface area contributed by atoms with E-state index in [1.165, 1.54) is 76.8 Å². The number of imidazole rings is 1. The normalized spacial score (nSPS) is 14.7. The van der Waals surface area contributed by atoms with Crippen LogP contribution in [-0.4, -0.2) is 15.1 Å². The molecule has 0 bridgehead atoms. The van der Waals surface area contributed by atoms with Gasteiger partial charge in [0, 0.05) is 16.3 Å². The molecule has 0 radical (unpaired) electrons. The van der Waals surface area contributed by atoms with Crippen LogP contribution in [0.1, 0.15) is 22.6 Å². The molecule has 0 spiro atoms. The van der Waals surface area contributed by atoms with Gasteiger partial charge in [-0.3, -0.25) is 9.39 Å². The lowest BCUT2D eigenvalue weighted by Crippen LogP contribution is -2.18. The maximum Gasteiger partial charge on any atom is 0.146 e. The Labute approximate surface area is 287 Å². The molecule has 8 aromatic carbocycles. The second-order valence-corrected chi connectivity index (χ2v) is 13.8. The molecule has 1 atom stereocenters. The second-order valence-electron chi connectivity index (χ2n) is 13.8. The number of hydrogen-bond acceptors (Lipinski definition) is 2. The van der Waals surface area contributed by atoms with Crippen molar-refractivity contribution in [3.8, 4) is 22.3 Å². The van der Waals surface area contributed by atoms with E-state index in [9.17, 15) is 0 Å². The maximum atomic E-state index is 5.25. The highest BCUT2D eigenvalue weighted by Crippen LogP contribution is 2.51. The lowest BCUT2D eigenvalue weighted by atomic mass is 9.74. The maximum absolute atomic E-state index is 5.25. The third-order valence-electron chi connectivity index (χ3n) is 11.1. The largest absolute Gasteiger partial charge is 0.292 e. The molecule has 3 heterocycles. The number of rotatable bonds is 1. The Kier molecular flexibility index (Phi) is 5.02. The van der Waals surface area contributed by atoms with Crippen molar-refractivity contribution < 1.29 is 0 Å². The monoisotopic (exact) mass is 633 g/mol. The molecule has 3 nitrogen and oxygen atoms in total. The van der Waals surface area contributed by atoms with Gasteiger partial charge >= 0.3 is 0 Å². The minimum absolute atomic E-state index is 0.137. The van der Waals surface area contributed by atoms with Crippen LogP contribution < -0.4 is 0 Å². The third-order valence-corrected chi connectivity index (χ3v) is 11.1. The molecule has 12 rings (SSSR count). The molecule has 10 aromatic rings. The summed E-state index contributed by atoms with van der Waals surface area (Å²) in [5.74, 6) is 0.137. The molecule has 230 valence electrons. The minimum atomic E-state index is 0.137. The van der Waals surface area contributed by atoms with Crippen molar-refractivity contribution in [3.63, 3.8) is 0 Å². The molecular formula is C47H27N3. The number of nitrogens with zero attached hydrogens (tertiary/aromatic N) is 3. The van der Waals surface area contributed by atoms with Gasteiger partial charge in [0.05, 0.1) is 33.9 Å². The zero-order chi connectivity index (χ0) is 32.5. The summed E-state index contributed by atoms with van der Waals surface area (Å²) in [7, 11) is 0. The molecule has 0 saturated carbocycles. The molecule has 3 heteroatoms. The fourth-order valence-electron chi connectivity index (χ4n) is 8.83.